The van der Waals surface area contributed by atoms with Crippen LogP contribution in [0.15, 0.2) is 66.7 Å². The van der Waals surface area contributed by atoms with Crippen molar-refractivity contribution >= 4 is 23.2 Å². The second-order valence-electron chi connectivity index (χ2n) is 6.91. The molecule has 3 aromatic carbocycles. The Hall–Kier alpha value is -2.82. The fraction of sp³-hybridized carbons (Fsp3) is 0.208. The van der Waals surface area contributed by atoms with Crippen LogP contribution in [0.3, 0.4) is 0 Å². The molecule has 0 bridgehead atoms. The van der Waals surface area contributed by atoms with Crippen molar-refractivity contribution in [1.29, 1.82) is 0 Å². The van der Waals surface area contributed by atoms with E-state index in [0.29, 0.717) is 5.56 Å². The molecule has 0 spiro atoms. The first kappa shape index (κ1) is 20.9. The van der Waals surface area contributed by atoms with Crippen molar-refractivity contribution in [2.75, 3.05) is 19.0 Å². The zero-order chi connectivity index (χ0) is 20.6. The molecule has 1 amide bonds. The van der Waals surface area contributed by atoms with Gasteiger partial charge < -0.3 is 15.4 Å². The van der Waals surface area contributed by atoms with E-state index in [2.05, 4.69) is 16.7 Å². The lowest BCUT2D eigenvalue weighted by atomic mass is 10.1. The summed E-state index contributed by atoms with van der Waals surface area (Å²) in [6.45, 7) is 3.52. The smallest absolute Gasteiger partial charge is 0.255 e. The third-order valence-electron chi connectivity index (χ3n) is 4.58. The molecule has 0 radical (unpaired) electrons. The van der Waals surface area contributed by atoms with Crippen LogP contribution in [0.25, 0.3) is 0 Å². The summed E-state index contributed by atoms with van der Waals surface area (Å²) in [5.41, 5.74) is 4.66. The van der Waals surface area contributed by atoms with E-state index in [1.807, 2.05) is 61.5 Å². The molecular formula is C24H25ClN2O2. The predicted octanol–water partition coefficient (Wildman–Crippen LogP) is 5.24. The van der Waals surface area contributed by atoms with Gasteiger partial charge in [0.2, 0.25) is 0 Å². The molecule has 3 aromatic rings. The van der Waals surface area contributed by atoms with E-state index in [-0.39, 0.29) is 5.91 Å². The van der Waals surface area contributed by atoms with Crippen molar-refractivity contribution in [3.63, 3.8) is 0 Å². The van der Waals surface area contributed by atoms with Gasteiger partial charge in [0.1, 0.15) is 5.75 Å². The van der Waals surface area contributed by atoms with E-state index in [1.165, 1.54) is 0 Å². The Morgan fingerprint density at radius 3 is 2.55 bits per heavy atom. The molecule has 5 heteroatoms. The van der Waals surface area contributed by atoms with Crippen molar-refractivity contribution in [1.82, 2.24) is 5.32 Å². The summed E-state index contributed by atoms with van der Waals surface area (Å²) in [7, 11) is 1.64. The average Bonchev–Trinajstić information content (AvgIpc) is 2.71. The van der Waals surface area contributed by atoms with Gasteiger partial charge in [0.05, 0.1) is 7.11 Å². The first-order valence-electron chi connectivity index (χ1n) is 9.55. The van der Waals surface area contributed by atoms with Crippen molar-refractivity contribution in [3.05, 3.63) is 94.0 Å². The number of aryl methyl sites for hydroxylation is 1. The Morgan fingerprint density at radius 2 is 1.83 bits per heavy atom. The van der Waals surface area contributed by atoms with Gasteiger partial charge in [-0.25, -0.2) is 0 Å². The molecule has 2 N–H and O–H groups in total. The minimum atomic E-state index is -0.137. The normalized spacial score (nSPS) is 10.6. The maximum atomic E-state index is 12.6. The Bertz CT molecular complexity index is 954. The quantitative estimate of drug-likeness (QED) is 0.501. The number of hydrogen-bond acceptors (Lipinski definition) is 3. The predicted molar refractivity (Wildman–Crippen MR) is 119 cm³/mol. The molecule has 0 aliphatic heterocycles. The van der Waals surface area contributed by atoms with Gasteiger partial charge in [-0.3, -0.25) is 4.79 Å². The maximum absolute atomic E-state index is 12.6. The molecule has 0 heterocycles. The van der Waals surface area contributed by atoms with Gasteiger partial charge in [0.15, 0.2) is 0 Å². The lowest BCUT2D eigenvalue weighted by Gasteiger charge is -2.12. The van der Waals surface area contributed by atoms with Gasteiger partial charge in [-0.2, -0.15) is 0 Å². The summed E-state index contributed by atoms with van der Waals surface area (Å²) in [6.07, 6.45) is 0.745. The summed E-state index contributed by atoms with van der Waals surface area (Å²) in [5, 5.41) is 7.09. The Balaban J connectivity index is 1.62. The molecule has 150 valence electrons. The zero-order valence-corrected chi connectivity index (χ0v) is 17.4. The fourth-order valence-electron chi connectivity index (χ4n) is 3.21. The highest BCUT2D eigenvalue weighted by Gasteiger charge is 2.11. The van der Waals surface area contributed by atoms with Crippen LogP contribution in [0, 0.1) is 6.92 Å². The molecule has 0 atom stereocenters. The van der Waals surface area contributed by atoms with Crippen molar-refractivity contribution in [2.45, 2.75) is 19.9 Å². The highest BCUT2D eigenvalue weighted by atomic mass is 35.5. The minimum absolute atomic E-state index is 0.137. The van der Waals surface area contributed by atoms with E-state index in [9.17, 15) is 4.79 Å². The van der Waals surface area contributed by atoms with Gasteiger partial charge in [0, 0.05) is 22.8 Å². The molecule has 0 fully saturated rings. The third-order valence-corrected chi connectivity index (χ3v) is 4.79. The highest BCUT2D eigenvalue weighted by molar-refractivity contribution is 6.30. The van der Waals surface area contributed by atoms with E-state index in [1.54, 1.807) is 13.2 Å². The molecule has 0 saturated heterocycles. The number of anilines is 1. The number of carbonyl (C=O) groups excluding carboxylic acids is 1. The van der Waals surface area contributed by atoms with Crippen LogP contribution in [0.2, 0.25) is 5.02 Å². The van der Waals surface area contributed by atoms with Gasteiger partial charge in [-0.1, -0.05) is 35.9 Å². The van der Waals surface area contributed by atoms with Crippen LogP contribution in [0.4, 0.5) is 5.69 Å². The van der Waals surface area contributed by atoms with Crippen molar-refractivity contribution < 1.29 is 9.53 Å². The fourth-order valence-corrected chi connectivity index (χ4v) is 3.52. The summed E-state index contributed by atoms with van der Waals surface area (Å²) in [5.74, 6) is 0.643. The standard InChI is InChI=1S/C24H25ClN2O2/c1-17-12-18(14-21(25)13-17)16-26-11-10-19-15-20(8-9-23(19)29-2)24(28)27-22-6-4-3-5-7-22/h3-9,12-15,26H,10-11,16H2,1-2H3,(H,27,28). The Morgan fingerprint density at radius 1 is 1.03 bits per heavy atom. The van der Waals surface area contributed by atoms with E-state index >= 15 is 0 Å². The summed E-state index contributed by atoms with van der Waals surface area (Å²) >= 11 is 6.12. The van der Waals surface area contributed by atoms with Crippen LogP contribution in [0.5, 0.6) is 5.75 Å². The summed E-state index contributed by atoms with van der Waals surface area (Å²) in [6, 6.07) is 21.0. The van der Waals surface area contributed by atoms with Crippen LogP contribution < -0.4 is 15.4 Å². The van der Waals surface area contributed by atoms with Crippen molar-refractivity contribution in [3.8, 4) is 5.75 Å². The average molecular weight is 409 g/mol. The van der Waals surface area contributed by atoms with Crippen LogP contribution in [0.1, 0.15) is 27.0 Å². The van der Waals surface area contributed by atoms with E-state index < -0.39 is 0 Å². The van der Waals surface area contributed by atoms with E-state index in [4.69, 9.17) is 16.3 Å². The largest absolute Gasteiger partial charge is 0.496 e. The number of hydrogen-bond donors (Lipinski definition) is 2. The van der Waals surface area contributed by atoms with Crippen molar-refractivity contribution in [2.24, 2.45) is 0 Å². The number of rotatable bonds is 8. The maximum Gasteiger partial charge on any atom is 0.255 e. The van der Waals surface area contributed by atoms with Gasteiger partial charge in [-0.15, -0.1) is 0 Å². The number of carbonyl (C=O) groups is 1. The number of para-hydroxylation sites is 1. The minimum Gasteiger partial charge on any atom is -0.496 e. The molecule has 3 rings (SSSR count). The number of halogens is 1. The molecule has 29 heavy (non-hydrogen) atoms. The van der Waals surface area contributed by atoms with Crippen LogP contribution >= 0.6 is 11.6 Å². The second-order valence-corrected chi connectivity index (χ2v) is 7.35. The first-order valence-corrected chi connectivity index (χ1v) is 9.93. The first-order chi connectivity index (χ1) is 14.0. The van der Waals surface area contributed by atoms with Gasteiger partial charge in [-0.05, 0) is 79.0 Å². The molecule has 0 saturated carbocycles. The zero-order valence-electron chi connectivity index (χ0n) is 16.7. The third kappa shape index (κ3) is 6.08. The van der Waals surface area contributed by atoms with E-state index in [0.717, 1.165) is 52.7 Å². The number of amides is 1. The Kier molecular flexibility index (Phi) is 7.28. The number of nitrogens with one attached hydrogen (secondary N) is 2. The highest BCUT2D eigenvalue weighted by Crippen LogP contribution is 2.21. The molecule has 0 aromatic heterocycles. The number of methoxy groups -OCH3 is 1. The molecule has 0 aliphatic rings. The lowest BCUT2D eigenvalue weighted by molar-refractivity contribution is 0.102. The lowest BCUT2D eigenvalue weighted by Crippen LogP contribution is -2.18. The van der Waals surface area contributed by atoms with Gasteiger partial charge in [0.25, 0.3) is 5.91 Å². The number of benzene rings is 3. The van der Waals surface area contributed by atoms with Crippen LogP contribution in [-0.2, 0) is 13.0 Å². The molecule has 4 nitrogen and oxygen atoms in total. The summed E-state index contributed by atoms with van der Waals surface area (Å²) in [4.78, 5) is 12.6. The molecule has 0 aliphatic carbocycles. The van der Waals surface area contributed by atoms with Crippen LogP contribution in [-0.4, -0.2) is 19.6 Å². The Labute approximate surface area is 176 Å². The summed E-state index contributed by atoms with van der Waals surface area (Å²) < 4.78 is 5.47. The van der Waals surface area contributed by atoms with Gasteiger partial charge >= 0.3 is 0 Å². The molecule has 0 unspecified atom stereocenters. The molecular weight excluding hydrogens is 384 g/mol. The monoisotopic (exact) mass is 408 g/mol. The number of ether oxygens (including phenoxy) is 1. The topological polar surface area (TPSA) is 50.4 Å². The second kappa shape index (κ2) is 10.1. The SMILES string of the molecule is COc1ccc(C(=O)Nc2ccccc2)cc1CCNCc1cc(C)cc(Cl)c1.